The summed E-state index contributed by atoms with van der Waals surface area (Å²) in [7, 11) is 1.57. The number of benzene rings is 2. The Hall–Kier alpha value is -2.93. The maximum atomic E-state index is 12.4. The first-order valence-corrected chi connectivity index (χ1v) is 8.35. The van der Waals surface area contributed by atoms with Crippen LogP contribution in [0.25, 0.3) is 0 Å². The van der Waals surface area contributed by atoms with Crippen LogP contribution in [-0.2, 0) is 6.61 Å². The van der Waals surface area contributed by atoms with Crippen LogP contribution in [0.3, 0.4) is 0 Å². The Morgan fingerprint density at radius 2 is 1.88 bits per heavy atom. The molecule has 0 saturated carbocycles. The quantitative estimate of drug-likeness (QED) is 0.730. The van der Waals surface area contributed by atoms with Gasteiger partial charge >= 0.3 is 0 Å². The number of anilines is 1. The highest BCUT2D eigenvalue weighted by atomic mass is 32.1. The van der Waals surface area contributed by atoms with Gasteiger partial charge in [0.05, 0.1) is 30.2 Å². The third kappa shape index (κ3) is 4.13. The van der Waals surface area contributed by atoms with Gasteiger partial charge in [-0.15, -0.1) is 0 Å². The van der Waals surface area contributed by atoms with Crippen LogP contribution in [0.1, 0.15) is 21.7 Å². The van der Waals surface area contributed by atoms with Gasteiger partial charge in [-0.2, -0.15) is 8.75 Å². The Morgan fingerprint density at radius 3 is 2.56 bits per heavy atom. The van der Waals surface area contributed by atoms with Crippen LogP contribution in [-0.4, -0.2) is 21.8 Å². The van der Waals surface area contributed by atoms with E-state index in [1.54, 1.807) is 43.5 Å². The van der Waals surface area contributed by atoms with E-state index < -0.39 is 0 Å². The molecule has 0 saturated heterocycles. The molecule has 25 heavy (non-hydrogen) atoms. The molecular formula is C18H17N3O3S. The second kappa shape index (κ2) is 7.76. The summed E-state index contributed by atoms with van der Waals surface area (Å²) in [5.41, 5.74) is 2.85. The third-order valence-corrected chi connectivity index (χ3v) is 4.25. The molecule has 0 radical (unpaired) electrons. The number of aromatic nitrogens is 2. The number of carbonyl (C=O) groups excluding carboxylic acids is 1. The van der Waals surface area contributed by atoms with Crippen molar-refractivity contribution < 1.29 is 14.3 Å². The Balaban J connectivity index is 1.63. The van der Waals surface area contributed by atoms with Crippen LogP contribution in [0.4, 0.5) is 5.69 Å². The summed E-state index contributed by atoms with van der Waals surface area (Å²) >= 11 is 1.17. The number of ether oxygens (including phenoxy) is 2. The molecule has 1 heterocycles. The van der Waals surface area contributed by atoms with E-state index in [2.05, 4.69) is 14.1 Å². The normalized spacial score (nSPS) is 10.3. The van der Waals surface area contributed by atoms with Crippen molar-refractivity contribution in [3.8, 4) is 11.5 Å². The van der Waals surface area contributed by atoms with Gasteiger partial charge in [-0.25, -0.2) is 0 Å². The number of methoxy groups -OCH3 is 1. The minimum Gasteiger partial charge on any atom is -0.495 e. The molecule has 128 valence electrons. The Labute approximate surface area is 149 Å². The Bertz CT molecular complexity index is 862. The second-order valence-electron chi connectivity index (χ2n) is 5.26. The maximum absolute atomic E-state index is 12.4. The van der Waals surface area contributed by atoms with Gasteiger partial charge in [-0.1, -0.05) is 12.1 Å². The van der Waals surface area contributed by atoms with E-state index in [1.165, 1.54) is 11.7 Å². The van der Waals surface area contributed by atoms with Crippen molar-refractivity contribution in [3.63, 3.8) is 0 Å². The molecule has 3 aromatic rings. The summed E-state index contributed by atoms with van der Waals surface area (Å²) in [6, 6.07) is 14.2. The summed E-state index contributed by atoms with van der Waals surface area (Å²) in [4.78, 5) is 12.4. The lowest BCUT2D eigenvalue weighted by molar-refractivity contribution is 0.102. The molecule has 2 aromatic carbocycles. The van der Waals surface area contributed by atoms with Crippen molar-refractivity contribution >= 4 is 23.3 Å². The zero-order chi connectivity index (χ0) is 17.6. The van der Waals surface area contributed by atoms with Crippen LogP contribution in [0.2, 0.25) is 0 Å². The standard InChI is InChI=1S/C18H17N3O3S/c1-12-16(21-25-20-12)11-24-14-9-7-13(8-10-14)18(22)19-15-5-3-4-6-17(15)23-2/h3-10H,11H2,1-2H3,(H,19,22). The molecule has 0 aliphatic carbocycles. The average Bonchev–Trinajstić information content (AvgIpc) is 3.06. The fraction of sp³-hybridized carbons (Fsp3) is 0.167. The molecule has 0 atom stereocenters. The van der Waals surface area contributed by atoms with Gasteiger partial charge in [0.25, 0.3) is 5.91 Å². The molecule has 6 nitrogen and oxygen atoms in total. The van der Waals surface area contributed by atoms with Crippen molar-refractivity contribution in [2.75, 3.05) is 12.4 Å². The zero-order valence-corrected chi connectivity index (χ0v) is 14.7. The Kier molecular flexibility index (Phi) is 5.25. The van der Waals surface area contributed by atoms with Crippen LogP contribution in [0, 0.1) is 6.92 Å². The number of nitrogens with one attached hydrogen (secondary N) is 1. The van der Waals surface area contributed by atoms with Crippen molar-refractivity contribution in [1.82, 2.24) is 8.75 Å². The smallest absolute Gasteiger partial charge is 0.255 e. The summed E-state index contributed by atoms with van der Waals surface area (Å²) in [6.07, 6.45) is 0. The van der Waals surface area contributed by atoms with E-state index in [4.69, 9.17) is 9.47 Å². The van der Waals surface area contributed by atoms with E-state index in [9.17, 15) is 4.79 Å². The number of rotatable bonds is 6. The van der Waals surface area contributed by atoms with E-state index in [1.807, 2.05) is 19.1 Å². The van der Waals surface area contributed by atoms with E-state index in [0.717, 1.165) is 11.4 Å². The SMILES string of the molecule is COc1ccccc1NC(=O)c1ccc(OCc2nsnc2C)cc1. The highest BCUT2D eigenvalue weighted by molar-refractivity contribution is 6.99. The lowest BCUT2D eigenvalue weighted by Gasteiger charge is -2.10. The van der Waals surface area contributed by atoms with E-state index >= 15 is 0 Å². The highest BCUT2D eigenvalue weighted by Crippen LogP contribution is 2.24. The molecule has 1 aromatic heterocycles. The van der Waals surface area contributed by atoms with Gasteiger partial charge in [-0.05, 0) is 43.3 Å². The van der Waals surface area contributed by atoms with E-state index in [0.29, 0.717) is 29.4 Å². The second-order valence-corrected chi connectivity index (χ2v) is 5.79. The number of hydrogen-bond acceptors (Lipinski definition) is 6. The predicted octanol–water partition coefficient (Wildman–Crippen LogP) is 3.69. The molecule has 0 aliphatic heterocycles. The molecule has 0 unspecified atom stereocenters. The minimum absolute atomic E-state index is 0.212. The molecule has 0 aliphatic rings. The van der Waals surface area contributed by atoms with Crippen molar-refractivity contribution in [2.45, 2.75) is 13.5 Å². The minimum atomic E-state index is -0.212. The lowest BCUT2D eigenvalue weighted by atomic mass is 10.2. The lowest BCUT2D eigenvalue weighted by Crippen LogP contribution is -2.12. The van der Waals surface area contributed by atoms with Crippen LogP contribution < -0.4 is 14.8 Å². The summed E-state index contributed by atoms with van der Waals surface area (Å²) in [5.74, 6) is 1.07. The van der Waals surface area contributed by atoms with Crippen molar-refractivity contribution in [3.05, 3.63) is 65.5 Å². The number of carbonyl (C=O) groups is 1. The first-order valence-electron chi connectivity index (χ1n) is 7.62. The Morgan fingerprint density at radius 1 is 1.12 bits per heavy atom. The summed E-state index contributed by atoms with van der Waals surface area (Å²) < 4.78 is 19.2. The van der Waals surface area contributed by atoms with Gasteiger partial charge in [0.1, 0.15) is 23.8 Å². The molecule has 1 N–H and O–H groups in total. The largest absolute Gasteiger partial charge is 0.495 e. The first-order chi connectivity index (χ1) is 12.2. The topological polar surface area (TPSA) is 73.3 Å². The molecule has 0 bridgehead atoms. The predicted molar refractivity (Wildman–Crippen MR) is 96.4 cm³/mol. The van der Waals surface area contributed by atoms with Crippen molar-refractivity contribution in [2.24, 2.45) is 0 Å². The van der Waals surface area contributed by atoms with Crippen LogP contribution in [0.5, 0.6) is 11.5 Å². The number of aryl methyl sites for hydroxylation is 1. The monoisotopic (exact) mass is 355 g/mol. The van der Waals surface area contributed by atoms with Gasteiger partial charge in [-0.3, -0.25) is 4.79 Å². The summed E-state index contributed by atoms with van der Waals surface area (Å²) in [6.45, 7) is 2.25. The number of para-hydroxylation sites is 2. The first kappa shape index (κ1) is 16.9. The fourth-order valence-corrected chi connectivity index (χ4v) is 2.73. The maximum Gasteiger partial charge on any atom is 0.255 e. The van der Waals surface area contributed by atoms with Gasteiger partial charge in [0.15, 0.2) is 0 Å². The van der Waals surface area contributed by atoms with Gasteiger partial charge in [0, 0.05) is 5.56 Å². The van der Waals surface area contributed by atoms with Crippen molar-refractivity contribution in [1.29, 1.82) is 0 Å². The van der Waals surface area contributed by atoms with E-state index in [-0.39, 0.29) is 5.91 Å². The molecule has 0 fully saturated rings. The summed E-state index contributed by atoms with van der Waals surface area (Å²) in [5, 5.41) is 2.84. The molecule has 1 amide bonds. The van der Waals surface area contributed by atoms with Crippen LogP contribution in [0.15, 0.2) is 48.5 Å². The highest BCUT2D eigenvalue weighted by Gasteiger charge is 2.10. The average molecular weight is 355 g/mol. The number of amides is 1. The zero-order valence-electron chi connectivity index (χ0n) is 13.9. The molecule has 3 rings (SSSR count). The molecular weight excluding hydrogens is 338 g/mol. The number of hydrogen-bond donors (Lipinski definition) is 1. The molecule has 0 spiro atoms. The van der Waals surface area contributed by atoms with Gasteiger partial charge in [0.2, 0.25) is 0 Å². The third-order valence-electron chi connectivity index (χ3n) is 3.59. The molecule has 7 heteroatoms. The number of nitrogens with zero attached hydrogens (tertiary/aromatic N) is 2. The van der Waals surface area contributed by atoms with Crippen LogP contribution >= 0.6 is 11.7 Å². The van der Waals surface area contributed by atoms with Gasteiger partial charge < -0.3 is 14.8 Å². The fourth-order valence-electron chi connectivity index (χ4n) is 2.18.